The van der Waals surface area contributed by atoms with E-state index >= 15 is 0 Å². The van der Waals surface area contributed by atoms with Crippen LogP contribution in [0.4, 0.5) is 11.4 Å². The highest BCUT2D eigenvalue weighted by atomic mass is 35.5. The van der Waals surface area contributed by atoms with Crippen molar-refractivity contribution in [3.8, 4) is 0 Å². The molecule has 2 N–H and O–H groups in total. The van der Waals surface area contributed by atoms with Gasteiger partial charge in [0.15, 0.2) is 0 Å². The average Bonchev–Trinajstić information content (AvgIpc) is 2.73. The molecule has 3 aromatic rings. The van der Waals surface area contributed by atoms with Crippen molar-refractivity contribution < 1.29 is 23.1 Å². The second kappa shape index (κ2) is 8.98. The lowest BCUT2D eigenvalue weighted by molar-refractivity contribution is -0.114. The molecule has 30 heavy (non-hydrogen) atoms. The first-order valence-corrected chi connectivity index (χ1v) is 10.6. The smallest absolute Gasteiger partial charge is 0.337 e. The number of sulfonamides is 1. The van der Waals surface area contributed by atoms with Gasteiger partial charge in [-0.05, 0) is 42.5 Å². The third kappa shape index (κ3) is 4.79. The Labute approximate surface area is 178 Å². The minimum absolute atomic E-state index is 0.00344. The highest BCUT2D eigenvalue weighted by molar-refractivity contribution is 7.92. The molecule has 154 valence electrons. The molecule has 0 unspecified atom stereocenters. The topological polar surface area (TPSA) is 104 Å². The van der Waals surface area contributed by atoms with Crippen LogP contribution in [0.15, 0.2) is 83.8 Å². The Morgan fingerprint density at radius 2 is 1.60 bits per heavy atom. The summed E-state index contributed by atoms with van der Waals surface area (Å²) in [4.78, 5) is 24.1. The van der Waals surface area contributed by atoms with Gasteiger partial charge in [0.2, 0.25) is 5.91 Å². The fraction of sp³-hybridized carbons (Fsp3) is 0.0476. The summed E-state index contributed by atoms with van der Waals surface area (Å²) in [5.41, 5.74) is 0.164. The van der Waals surface area contributed by atoms with Gasteiger partial charge in [-0.2, -0.15) is 0 Å². The van der Waals surface area contributed by atoms with E-state index in [-0.39, 0.29) is 21.8 Å². The molecule has 9 heteroatoms. The number of nitrogens with one attached hydrogen (secondary N) is 1. The van der Waals surface area contributed by atoms with Crippen LogP contribution in [0, 0.1) is 0 Å². The molecule has 0 aromatic heterocycles. The second-order valence-corrected chi connectivity index (χ2v) is 8.50. The average molecular weight is 445 g/mol. The Morgan fingerprint density at radius 1 is 0.933 bits per heavy atom. The van der Waals surface area contributed by atoms with E-state index in [2.05, 4.69) is 5.32 Å². The lowest BCUT2D eigenvalue weighted by Gasteiger charge is -2.24. The number of carboxylic acid groups (broad SMARTS) is 1. The first-order chi connectivity index (χ1) is 14.3. The fourth-order valence-electron chi connectivity index (χ4n) is 2.76. The lowest BCUT2D eigenvalue weighted by atomic mass is 10.2. The standard InChI is InChI=1S/C21H17ClN2O5S/c22-15-7-6-8-16(13-15)24(30(28,29)17-9-2-1-3-10-17)14-20(25)23-19-12-5-4-11-18(19)21(26)27/h1-13H,14H2,(H,23,25)(H,26,27). The minimum Gasteiger partial charge on any atom is -0.478 e. The largest absolute Gasteiger partial charge is 0.478 e. The number of aromatic carboxylic acids is 1. The van der Waals surface area contributed by atoms with Crippen LogP contribution < -0.4 is 9.62 Å². The van der Waals surface area contributed by atoms with Gasteiger partial charge in [-0.1, -0.05) is 48.0 Å². The van der Waals surface area contributed by atoms with Gasteiger partial charge in [0.25, 0.3) is 10.0 Å². The van der Waals surface area contributed by atoms with Crippen LogP contribution in [-0.4, -0.2) is 31.9 Å². The summed E-state index contributed by atoms with van der Waals surface area (Å²) in [5.74, 6) is -1.92. The van der Waals surface area contributed by atoms with Gasteiger partial charge < -0.3 is 10.4 Å². The minimum atomic E-state index is -4.09. The molecular weight excluding hydrogens is 428 g/mol. The van der Waals surface area contributed by atoms with Crippen LogP contribution in [0.5, 0.6) is 0 Å². The number of carbonyl (C=O) groups excluding carboxylic acids is 1. The van der Waals surface area contributed by atoms with E-state index in [1.54, 1.807) is 36.4 Å². The van der Waals surface area contributed by atoms with Crippen LogP contribution in [0.3, 0.4) is 0 Å². The maximum absolute atomic E-state index is 13.2. The van der Waals surface area contributed by atoms with E-state index in [1.807, 2.05) is 0 Å². The van der Waals surface area contributed by atoms with Gasteiger partial charge >= 0.3 is 5.97 Å². The molecule has 0 radical (unpaired) electrons. The number of anilines is 2. The molecule has 0 aliphatic carbocycles. The SMILES string of the molecule is O=C(CN(c1cccc(Cl)c1)S(=O)(=O)c1ccccc1)Nc1ccccc1C(=O)O. The maximum atomic E-state index is 13.2. The third-order valence-electron chi connectivity index (χ3n) is 4.15. The number of carboxylic acids is 1. The summed E-state index contributed by atoms with van der Waals surface area (Å²) < 4.78 is 27.4. The van der Waals surface area contributed by atoms with Crippen molar-refractivity contribution in [2.24, 2.45) is 0 Å². The molecule has 0 aliphatic rings. The van der Waals surface area contributed by atoms with Crippen LogP contribution in [0.2, 0.25) is 5.02 Å². The van der Waals surface area contributed by atoms with E-state index in [9.17, 15) is 23.1 Å². The van der Waals surface area contributed by atoms with E-state index in [0.717, 1.165) is 4.31 Å². The molecule has 0 saturated heterocycles. The van der Waals surface area contributed by atoms with E-state index in [4.69, 9.17) is 11.6 Å². The van der Waals surface area contributed by atoms with Crippen molar-refractivity contribution in [1.82, 2.24) is 0 Å². The van der Waals surface area contributed by atoms with Crippen LogP contribution >= 0.6 is 11.6 Å². The zero-order valence-electron chi connectivity index (χ0n) is 15.5. The van der Waals surface area contributed by atoms with Gasteiger partial charge in [-0.3, -0.25) is 9.10 Å². The lowest BCUT2D eigenvalue weighted by Crippen LogP contribution is -2.38. The number of carbonyl (C=O) groups is 2. The number of nitrogens with zero attached hydrogens (tertiary/aromatic N) is 1. The van der Waals surface area contributed by atoms with Crippen molar-refractivity contribution in [2.45, 2.75) is 4.90 Å². The fourth-order valence-corrected chi connectivity index (χ4v) is 4.38. The molecule has 3 rings (SSSR count). The molecule has 7 nitrogen and oxygen atoms in total. The summed E-state index contributed by atoms with van der Waals surface area (Å²) in [6, 6.07) is 19.6. The molecule has 0 aliphatic heterocycles. The van der Waals surface area contributed by atoms with Gasteiger partial charge in [-0.15, -0.1) is 0 Å². The predicted molar refractivity (Wildman–Crippen MR) is 114 cm³/mol. The zero-order valence-corrected chi connectivity index (χ0v) is 17.1. The summed E-state index contributed by atoms with van der Waals surface area (Å²) >= 11 is 6.02. The maximum Gasteiger partial charge on any atom is 0.337 e. The molecule has 0 atom stereocenters. The van der Waals surface area contributed by atoms with Crippen LogP contribution in [-0.2, 0) is 14.8 Å². The van der Waals surface area contributed by atoms with Crippen LogP contribution in [0.1, 0.15) is 10.4 Å². The number of hydrogen-bond acceptors (Lipinski definition) is 4. The Bertz CT molecular complexity index is 1180. The number of para-hydroxylation sites is 1. The van der Waals surface area contributed by atoms with Crippen LogP contribution in [0.25, 0.3) is 0 Å². The Kier molecular flexibility index (Phi) is 6.39. The molecule has 0 fully saturated rings. The highest BCUT2D eigenvalue weighted by Gasteiger charge is 2.27. The Hall–Kier alpha value is -3.36. The Morgan fingerprint density at radius 3 is 2.27 bits per heavy atom. The van der Waals surface area contributed by atoms with Crippen molar-refractivity contribution in [3.05, 3.63) is 89.4 Å². The normalized spacial score (nSPS) is 11.0. The zero-order chi connectivity index (χ0) is 21.7. The number of halogens is 1. The highest BCUT2D eigenvalue weighted by Crippen LogP contribution is 2.26. The van der Waals surface area contributed by atoms with Crippen molar-refractivity contribution in [3.63, 3.8) is 0 Å². The van der Waals surface area contributed by atoms with Gasteiger partial charge in [0.05, 0.1) is 21.8 Å². The molecule has 0 spiro atoms. The van der Waals surface area contributed by atoms with E-state index in [0.29, 0.717) is 5.02 Å². The molecule has 0 saturated carbocycles. The first-order valence-electron chi connectivity index (χ1n) is 8.74. The van der Waals surface area contributed by atoms with Crippen molar-refractivity contribution >= 4 is 44.9 Å². The van der Waals surface area contributed by atoms with Gasteiger partial charge in [-0.25, -0.2) is 13.2 Å². The van der Waals surface area contributed by atoms with Gasteiger partial charge in [0.1, 0.15) is 6.54 Å². The summed E-state index contributed by atoms with van der Waals surface area (Å²) in [6.45, 7) is -0.578. The number of rotatable bonds is 7. The quantitative estimate of drug-likeness (QED) is 0.575. The monoisotopic (exact) mass is 444 g/mol. The van der Waals surface area contributed by atoms with Gasteiger partial charge in [0, 0.05) is 5.02 Å². The third-order valence-corrected chi connectivity index (χ3v) is 6.17. The Balaban J connectivity index is 1.96. The molecule has 0 heterocycles. The van der Waals surface area contributed by atoms with E-state index < -0.39 is 28.4 Å². The summed E-state index contributed by atoms with van der Waals surface area (Å²) in [7, 11) is -4.09. The summed E-state index contributed by atoms with van der Waals surface area (Å²) in [6.07, 6.45) is 0. The molecule has 3 aromatic carbocycles. The van der Waals surface area contributed by atoms with Crippen molar-refractivity contribution in [1.29, 1.82) is 0 Å². The predicted octanol–water partition coefficient (Wildman–Crippen LogP) is 3.87. The van der Waals surface area contributed by atoms with Crippen molar-refractivity contribution in [2.75, 3.05) is 16.2 Å². The molecular formula is C21H17ClN2O5S. The number of amides is 1. The van der Waals surface area contributed by atoms with E-state index in [1.165, 1.54) is 42.5 Å². The molecule has 1 amide bonds. The number of hydrogen-bond donors (Lipinski definition) is 2. The number of benzene rings is 3. The molecule has 0 bridgehead atoms. The second-order valence-electron chi connectivity index (χ2n) is 6.20. The first kappa shape index (κ1) is 21.4. The summed E-state index contributed by atoms with van der Waals surface area (Å²) in [5, 5.41) is 12.0.